The maximum absolute atomic E-state index is 12.5. The number of benzene rings is 1. The second-order valence-corrected chi connectivity index (χ2v) is 5.57. The van der Waals surface area contributed by atoms with E-state index in [2.05, 4.69) is 6.07 Å². The van der Waals surface area contributed by atoms with E-state index in [9.17, 15) is 9.59 Å². The molecule has 0 radical (unpaired) electrons. The second-order valence-electron chi connectivity index (χ2n) is 5.57. The predicted octanol–water partition coefficient (Wildman–Crippen LogP) is 3.63. The predicted molar refractivity (Wildman–Crippen MR) is 87.5 cm³/mol. The van der Waals surface area contributed by atoms with Gasteiger partial charge in [-0.15, -0.1) is 0 Å². The SMILES string of the molecule is CCCCn1c(-c2ccc(C)cc2C)ccc(C(=O)O)c1=O. The fourth-order valence-electron chi connectivity index (χ4n) is 2.62. The molecule has 1 heterocycles. The number of rotatable bonds is 5. The molecule has 0 bridgehead atoms. The normalized spacial score (nSPS) is 10.7. The number of carboxylic acid groups (broad SMARTS) is 1. The first-order chi connectivity index (χ1) is 10.5. The lowest BCUT2D eigenvalue weighted by atomic mass is 10.0. The van der Waals surface area contributed by atoms with Crippen molar-refractivity contribution in [1.29, 1.82) is 0 Å². The van der Waals surface area contributed by atoms with Crippen molar-refractivity contribution in [2.24, 2.45) is 0 Å². The number of nitrogens with zero attached hydrogens (tertiary/aromatic N) is 1. The summed E-state index contributed by atoms with van der Waals surface area (Å²) in [6.45, 7) is 6.60. The molecule has 116 valence electrons. The zero-order chi connectivity index (χ0) is 16.3. The summed E-state index contributed by atoms with van der Waals surface area (Å²) < 4.78 is 1.59. The molecular weight excluding hydrogens is 278 g/mol. The number of aromatic carboxylic acids is 1. The molecule has 2 rings (SSSR count). The number of unbranched alkanes of at least 4 members (excludes halogenated alkanes) is 1. The molecule has 0 aliphatic heterocycles. The minimum absolute atomic E-state index is 0.176. The van der Waals surface area contributed by atoms with Gasteiger partial charge in [-0.25, -0.2) is 4.79 Å². The van der Waals surface area contributed by atoms with Gasteiger partial charge in [0, 0.05) is 12.1 Å². The van der Waals surface area contributed by atoms with Crippen LogP contribution in [-0.4, -0.2) is 15.6 Å². The van der Waals surface area contributed by atoms with E-state index in [1.54, 1.807) is 10.6 Å². The molecule has 1 N–H and O–H groups in total. The Morgan fingerprint density at radius 1 is 1.18 bits per heavy atom. The molecule has 1 aromatic carbocycles. The van der Waals surface area contributed by atoms with Crippen molar-refractivity contribution in [2.75, 3.05) is 0 Å². The topological polar surface area (TPSA) is 59.3 Å². The van der Waals surface area contributed by atoms with Gasteiger partial charge >= 0.3 is 5.97 Å². The summed E-state index contributed by atoms with van der Waals surface area (Å²) in [7, 11) is 0. The summed E-state index contributed by atoms with van der Waals surface area (Å²) in [6, 6.07) is 9.19. The monoisotopic (exact) mass is 299 g/mol. The molecule has 0 saturated heterocycles. The smallest absolute Gasteiger partial charge is 0.341 e. The highest BCUT2D eigenvalue weighted by molar-refractivity contribution is 5.87. The van der Waals surface area contributed by atoms with E-state index in [1.165, 1.54) is 6.07 Å². The fourth-order valence-corrected chi connectivity index (χ4v) is 2.62. The molecule has 0 spiro atoms. The molecule has 0 saturated carbocycles. The van der Waals surface area contributed by atoms with Gasteiger partial charge in [0.15, 0.2) is 0 Å². The Morgan fingerprint density at radius 2 is 1.91 bits per heavy atom. The largest absolute Gasteiger partial charge is 0.477 e. The zero-order valence-corrected chi connectivity index (χ0v) is 13.2. The molecule has 1 aromatic heterocycles. The number of carbonyl (C=O) groups is 1. The molecule has 4 heteroatoms. The van der Waals surface area contributed by atoms with E-state index in [1.807, 2.05) is 32.9 Å². The van der Waals surface area contributed by atoms with Crippen LogP contribution in [0.3, 0.4) is 0 Å². The van der Waals surface area contributed by atoms with Crippen LogP contribution in [0.25, 0.3) is 11.3 Å². The number of carboxylic acids is 1. The third-order valence-corrected chi connectivity index (χ3v) is 3.80. The van der Waals surface area contributed by atoms with Gasteiger partial charge in [0.25, 0.3) is 5.56 Å². The summed E-state index contributed by atoms with van der Waals surface area (Å²) in [5.41, 5.74) is 3.37. The van der Waals surface area contributed by atoms with Crippen molar-refractivity contribution in [3.8, 4) is 11.3 Å². The van der Waals surface area contributed by atoms with Crippen LogP contribution in [0.5, 0.6) is 0 Å². The summed E-state index contributed by atoms with van der Waals surface area (Å²) in [4.78, 5) is 23.7. The maximum atomic E-state index is 12.5. The third-order valence-electron chi connectivity index (χ3n) is 3.80. The van der Waals surface area contributed by atoms with Crippen LogP contribution in [-0.2, 0) is 6.54 Å². The molecule has 0 unspecified atom stereocenters. The van der Waals surface area contributed by atoms with Crippen LogP contribution >= 0.6 is 0 Å². The van der Waals surface area contributed by atoms with Crippen LogP contribution in [0.4, 0.5) is 0 Å². The van der Waals surface area contributed by atoms with Gasteiger partial charge < -0.3 is 9.67 Å². The number of hydrogen-bond donors (Lipinski definition) is 1. The number of aromatic nitrogens is 1. The van der Waals surface area contributed by atoms with Crippen LogP contribution in [0.1, 0.15) is 41.3 Å². The van der Waals surface area contributed by atoms with E-state index in [0.29, 0.717) is 6.54 Å². The highest BCUT2D eigenvalue weighted by Crippen LogP contribution is 2.24. The van der Waals surface area contributed by atoms with Gasteiger partial charge in [-0.3, -0.25) is 4.79 Å². The van der Waals surface area contributed by atoms with Gasteiger partial charge in [0.05, 0.1) is 5.69 Å². The second kappa shape index (κ2) is 6.60. The number of pyridine rings is 1. The molecule has 0 amide bonds. The Kier molecular flexibility index (Phi) is 4.81. The molecular formula is C18H21NO3. The molecule has 4 nitrogen and oxygen atoms in total. The first kappa shape index (κ1) is 16.0. The third kappa shape index (κ3) is 3.11. The first-order valence-corrected chi connectivity index (χ1v) is 7.50. The van der Waals surface area contributed by atoms with Crippen LogP contribution in [0, 0.1) is 13.8 Å². The van der Waals surface area contributed by atoms with Gasteiger partial charge in [0.1, 0.15) is 5.56 Å². The van der Waals surface area contributed by atoms with Crippen molar-refractivity contribution in [3.05, 3.63) is 57.4 Å². The molecule has 0 fully saturated rings. The fraction of sp³-hybridized carbons (Fsp3) is 0.333. The highest BCUT2D eigenvalue weighted by atomic mass is 16.4. The van der Waals surface area contributed by atoms with Crippen LogP contribution in [0.15, 0.2) is 35.1 Å². The van der Waals surface area contributed by atoms with Crippen LogP contribution < -0.4 is 5.56 Å². The summed E-state index contributed by atoms with van der Waals surface area (Å²) >= 11 is 0. The zero-order valence-electron chi connectivity index (χ0n) is 13.2. The van der Waals surface area contributed by atoms with Crippen molar-refractivity contribution >= 4 is 5.97 Å². The molecule has 0 aliphatic rings. The van der Waals surface area contributed by atoms with E-state index in [0.717, 1.165) is 35.2 Å². The Hall–Kier alpha value is -2.36. The summed E-state index contributed by atoms with van der Waals surface area (Å²) in [5.74, 6) is -1.18. The Labute approximate surface area is 130 Å². The maximum Gasteiger partial charge on any atom is 0.341 e. The van der Waals surface area contributed by atoms with Crippen molar-refractivity contribution in [2.45, 2.75) is 40.2 Å². The average molecular weight is 299 g/mol. The van der Waals surface area contributed by atoms with E-state index >= 15 is 0 Å². The van der Waals surface area contributed by atoms with E-state index in [-0.39, 0.29) is 5.56 Å². The number of hydrogen-bond acceptors (Lipinski definition) is 2. The first-order valence-electron chi connectivity index (χ1n) is 7.50. The highest BCUT2D eigenvalue weighted by Gasteiger charge is 2.15. The van der Waals surface area contributed by atoms with Gasteiger partial charge in [-0.1, -0.05) is 37.1 Å². The van der Waals surface area contributed by atoms with E-state index < -0.39 is 11.5 Å². The Bertz CT molecular complexity index is 759. The molecule has 0 aliphatic carbocycles. The lowest BCUT2D eigenvalue weighted by Gasteiger charge is -2.15. The van der Waals surface area contributed by atoms with Gasteiger partial charge in [-0.05, 0) is 38.0 Å². The van der Waals surface area contributed by atoms with Gasteiger partial charge in [0.2, 0.25) is 0 Å². The standard InChI is InChI=1S/C18H21NO3/c1-4-5-10-19-16(9-8-15(17(19)20)18(21)22)14-7-6-12(2)11-13(14)3/h6-9,11H,4-5,10H2,1-3H3,(H,21,22). The van der Waals surface area contributed by atoms with E-state index in [4.69, 9.17) is 5.11 Å². The minimum Gasteiger partial charge on any atom is -0.477 e. The summed E-state index contributed by atoms with van der Waals surface area (Å²) in [5, 5.41) is 9.15. The molecule has 2 aromatic rings. The Morgan fingerprint density at radius 3 is 2.50 bits per heavy atom. The molecule has 22 heavy (non-hydrogen) atoms. The average Bonchev–Trinajstić information content (AvgIpc) is 2.45. The van der Waals surface area contributed by atoms with Crippen molar-refractivity contribution in [1.82, 2.24) is 4.57 Å². The minimum atomic E-state index is -1.18. The quantitative estimate of drug-likeness (QED) is 0.917. The van der Waals surface area contributed by atoms with Crippen molar-refractivity contribution < 1.29 is 9.90 Å². The lowest BCUT2D eigenvalue weighted by Crippen LogP contribution is -2.27. The summed E-state index contributed by atoms with van der Waals surface area (Å²) in [6.07, 6.45) is 1.77. The lowest BCUT2D eigenvalue weighted by molar-refractivity contribution is 0.0694. The molecule has 0 atom stereocenters. The van der Waals surface area contributed by atoms with Crippen LogP contribution in [0.2, 0.25) is 0 Å². The van der Waals surface area contributed by atoms with Crippen molar-refractivity contribution in [3.63, 3.8) is 0 Å². The Balaban J connectivity index is 2.66. The number of aryl methyl sites for hydroxylation is 2. The van der Waals surface area contributed by atoms with Gasteiger partial charge in [-0.2, -0.15) is 0 Å².